The monoisotopic (exact) mass is 205 g/mol. The van der Waals surface area contributed by atoms with E-state index < -0.39 is 0 Å². The highest BCUT2D eigenvalue weighted by Gasteiger charge is 2.18. The van der Waals surface area contributed by atoms with Crippen LogP contribution in [0.2, 0.25) is 0 Å². The summed E-state index contributed by atoms with van der Waals surface area (Å²) in [6, 6.07) is 4.26. The lowest BCUT2D eigenvalue weighted by molar-refractivity contribution is 0.413. The minimum Gasteiger partial charge on any atom is -0.497 e. The molecule has 0 bridgehead atoms. The molecule has 1 aliphatic heterocycles. The maximum Gasteiger partial charge on any atom is 0.119 e. The molecule has 0 amide bonds. The number of hydrogen-bond donors (Lipinski definition) is 1. The number of ether oxygens (including phenoxy) is 1. The molecule has 15 heavy (non-hydrogen) atoms. The fourth-order valence-corrected chi connectivity index (χ4v) is 2.27. The highest BCUT2D eigenvalue weighted by atomic mass is 16.5. The summed E-state index contributed by atoms with van der Waals surface area (Å²) in [5.41, 5.74) is 4.02. The van der Waals surface area contributed by atoms with Crippen LogP contribution in [0, 0.1) is 12.8 Å². The minimum absolute atomic E-state index is 0.768. The number of rotatable bonds is 2. The van der Waals surface area contributed by atoms with E-state index in [1.807, 2.05) is 0 Å². The van der Waals surface area contributed by atoms with Gasteiger partial charge < -0.3 is 10.1 Å². The molecular weight excluding hydrogens is 186 g/mol. The molecule has 0 aliphatic carbocycles. The zero-order chi connectivity index (χ0) is 10.8. The first-order chi connectivity index (χ1) is 7.24. The van der Waals surface area contributed by atoms with Crippen LogP contribution in [0.15, 0.2) is 12.1 Å². The van der Waals surface area contributed by atoms with Gasteiger partial charge in [-0.25, -0.2) is 0 Å². The second kappa shape index (κ2) is 4.13. The molecule has 2 nitrogen and oxygen atoms in total. The van der Waals surface area contributed by atoms with E-state index in [0.717, 1.165) is 18.2 Å². The third kappa shape index (κ3) is 1.94. The molecule has 0 saturated carbocycles. The zero-order valence-electron chi connectivity index (χ0n) is 9.76. The third-order valence-electron chi connectivity index (χ3n) is 3.28. The Bertz CT molecular complexity index is 360. The predicted molar refractivity (Wildman–Crippen MR) is 63.7 cm³/mol. The first kappa shape index (κ1) is 10.3. The van der Waals surface area contributed by atoms with Gasteiger partial charge in [0, 0.05) is 12.2 Å². The highest BCUT2D eigenvalue weighted by Crippen LogP contribution is 2.32. The molecule has 1 aromatic rings. The SMILES string of the molecule is CCC1CNc2c(C)cc(OC)cc2C1. The number of nitrogens with one attached hydrogen (secondary N) is 1. The van der Waals surface area contributed by atoms with Crippen molar-refractivity contribution >= 4 is 5.69 Å². The lowest BCUT2D eigenvalue weighted by Gasteiger charge is -2.27. The Morgan fingerprint density at radius 3 is 2.93 bits per heavy atom. The predicted octanol–water partition coefficient (Wildman–Crippen LogP) is 3.00. The van der Waals surface area contributed by atoms with Gasteiger partial charge in [0.1, 0.15) is 5.75 Å². The normalized spacial score (nSPS) is 19.3. The average Bonchev–Trinajstić information content (AvgIpc) is 2.28. The molecular formula is C13H19NO. The van der Waals surface area contributed by atoms with Gasteiger partial charge in [-0.1, -0.05) is 13.3 Å². The Morgan fingerprint density at radius 1 is 1.47 bits per heavy atom. The summed E-state index contributed by atoms with van der Waals surface area (Å²) in [6.45, 7) is 5.50. The maximum atomic E-state index is 5.30. The van der Waals surface area contributed by atoms with Crippen molar-refractivity contribution < 1.29 is 4.74 Å². The third-order valence-corrected chi connectivity index (χ3v) is 3.28. The van der Waals surface area contributed by atoms with Crippen LogP contribution in [-0.2, 0) is 6.42 Å². The van der Waals surface area contributed by atoms with Crippen molar-refractivity contribution in [2.24, 2.45) is 5.92 Å². The van der Waals surface area contributed by atoms with Crippen LogP contribution < -0.4 is 10.1 Å². The molecule has 82 valence electrons. The fourth-order valence-electron chi connectivity index (χ4n) is 2.27. The van der Waals surface area contributed by atoms with Gasteiger partial charge in [0.2, 0.25) is 0 Å². The summed E-state index contributed by atoms with van der Waals surface area (Å²) in [7, 11) is 1.73. The molecule has 2 rings (SSSR count). The van der Waals surface area contributed by atoms with E-state index >= 15 is 0 Å². The molecule has 0 saturated heterocycles. The molecule has 2 heteroatoms. The molecule has 0 fully saturated rings. The Hall–Kier alpha value is -1.18. The Labute approximate surface area is 91.6 Å². The van der Waals surface area contributed by atoms with Crippen molar-refractivity contribution in [2.75, 3.05) is 19.0 Å². The van der Waals surface area contributed by atoms with Crippen LogP contribution >= 0.6 is 0 Å². The summed E-state index contributed by atoms with van der Waals surface area (Å²) >= 11 is 0. The van der Waals surface area contributed by atoms with Crippen molar-refractivity contribution in [3.05, 3.63) is 23.3 Å². The lowest BCUT2D eigenvalue weighted by Crippen LogP contribution is -2.23. The number of aryl methyl sites for hydroxylation is 1. The molecule has 0 aromatic heterocycles. The van der Waals surface area contributed by atoms with E-state index in [4.69, 9.17) is 4.74 Å². The first-order valence-corrected chi connectivity index (χ1v) is 5.66. The van der Waals surface area contributed by atoms with Crippen LogP contribution in [0.5, 0.6) is 5.75 Å². The van der Waals surface area contributed by atoms with E-state index in [2.05, 4.69) is 31.3 Å². The van der Waals surface area contributed by atoms with Gasteiger partial charge in [-0.2, -0.15) is 0 Å². The molecule has 0 radical (unpaired) electrons. The Balaban J connectivity index is 2.35. The van der Waals surface area contributed by atoms with Crippen LogP contribution in [0.3, 0.4) is 0 Å². The summed E-state index contributed by atoms with van der Waals surface area (Å²) in [4.78, 5) is 0. The van der Waals surface area contributed by atoms with E-state index in [1.165, 1.54) is 29.7 Å². The van der Waals surface area contributed by atoms with Crippen molar-refractivity contribution in [1.82, 2.24) is 0 Å². The van der Waals surface area contributed by atoms with Gasteiger partial charge in [0.05, 0.1) is 7.11 Å². The Kier molecular flexibility index (Phi) is 2.85. The lowest BCUT2D eigenvalue weighted by atomic mass is 9.90. The molecule has 1 unspecified atom stereocenters. The van der Waals surface area contributed by atoms with E-state index in [0.29, 0.717) is 0 Å². The van der Waals surface area contributed by atoms with Gasteiger partial charge >= 0.3 is 0 Å². The minimum atomic E-state index is 0.768. The second-order valence-electron chi connectivity index (χ2n) is 4.34. The van der Waals surface area contributed by atoms with E-state index in [9.17, 15) is 0 Å². The molecule has 1 N–H and O–H groups in total. The fraction of sp³-hybridized carbons (Fsp3) is 0.538. The van der Waals surface area contributed by atoms with Crippen LogP contribution in [-0.4, -0.2) is 13.7 Å². The molecule has 1 atom stereocenters. The maximum absolute atomic E-state index is 5.30. The van der Waals surface area contributed by atoms with Crippen LogP contribution in [0.1, 0.15) is 24.5 Å². The van der Waals surface area contributed by atoms with Gasteiger partial charge in [-0.15, -0.1) is 0 Å². The zero-order valence-corrected chi connectivity index (χ0v) is 9.76. The highest BCUT2D eigenvalue weighted by molar-refractivity contribution is 5.61. The van der Waals surface area contributed by atoms with Crippen molar-refractivity contribution in [3.63, 3.8) is 0 Å². The second-order valence-corrected chi connectivity index (χ2v) is 4.34. The van der Waals surface area contributed by atoms with Gasteiger partial charge in [0.25, 0.3) is 0 Å². The topological polar surface area (TPSA) is 21.3 Å². The number of methoxy groups -OCH3 is 1. The summed E-state index contributed by atoms with van der Waals surface area (Å²) in [6.07, 6.45) is 2.42. The number of anilines is 1. The number of benzene rings is 1. The van der Waals surface area contributed by atoms with Crippen molar-refractivity contribution in [1.29, 1.82) is 0 Å². The van der Waals surface area contributed by atoms with Gasteiger partial charge in [0.15, 0.2) is 0 Å². The molecule has 1 heterocycles. The number of hydrogen-bond acceptors (Lipinski definition) is 2. The average molecular weight is 205 g/mol. The van der Waals surface area contributed by atoms with Crippen molar-refractivity contribution in [3.8, 4) is 5.75 Å². The first-order valence-electron chi connectivity index (χ1n) is 5.66. The largest absolute Gasteiger partial charge is 0.497 e. The molecule has 1 aromatic carbocycles. The summed E-state index contributed by atoms with van der Waals surface area (Å²) in [5.74, 6) is 1.74. The smallest absolute Gasteiger partial charge is 0.119 e. The van der Waals surface area contributed by atoms with E-state index in [1.54, 1.807) is 7.11 Å². The summed E-state index contributed by atoms with van der Waals surface area (Å²) in [5, 5.41) is 3.53. The van der Waals surface area contributed by atoms with Crippen LogP contribution in [0.25, 0.3) is 0 Å². The van der Waals surface area contributed by atoms with Gasteiger partial charge in [-0.3, -0.25) is 0 Å². The standard InChI is InChI=1S/C13H19NO/c1-4-10-6-11-7-12(15-3)5-9(2)13(11)14-8-10/h5,7,10,14H,4,6,8H2,1-3H3. The van der Waals surface area contributed by atoms with Gasteiger partial charge in [-0.05, 0) is 42.5 Å². The Morgan fingerprint density at radius 2 is 2.27 bits per heavy atom. The summed E-state index contributed by atoms with van der Waals surface area (Å²) < 4.78 is 5.30. The van der Waals surface area contributed by atoms with E-state index in [-0.39, 0.29) is 0 Å². The number of fused-ring (bicyclic) bond motifs is 1. The molecule has 0 spiro atoms. The van der Waals surface area contributed by atoms with Crippen LogP contribution in [0.4, 0.5) is 5.69 Å². The van der Waals surface area contributed by atoms with Crippen molar-refractivity contribution in [2.45, 2.75) is 26.7 Å². The molecule has 1 aliphatic rings. The quantitative estimate of drug-likeness (QED) is 0.801.